The third kappa shape index (κ3) is 4.43. The van der Waals surface area contributed by atoms with Gasteiger partial charge in [-0.15, -0.1) is 11.1 Å². The van der Waals surface area contributed by atoms with Gasteiger partial charge in [0.25, 0.3) is 9.07 Å². The van der Waals surface area contributed by atoms with E-state index in [2.05, 4.69) is 4.43 Å². The molecule has 0 aliphatic carbocycles. The molecule has 0 rings (SSSR count). The average molecular weight is 127 g/mol. The van der Waals surface area contributed by atoms with E-state index in [9.17, 15) is 0 Å². The van der Waals surface area contributed by atoms with Crippen molar-refractivity contribution in [2.75, 3.05) is 13.2 Å². The van der Waals surface area contributed by atoms with E-state index in [1.54, 1.807) is 0 Å². The topological polar surface area (TPSA) is 29.5 Å². The van der Waals surface area contributed by atoms with Crippen LogP contribution in [0.4, 0.5) is 0 Å². The molecule has 0 aliphatic heterocycles. The Morgan fingerprint density at radius 3 is 2.67 bits per heavy atom. The molecule has 1 N–H and O–H groups in total. The summed E-state index contributed by atoms with van der Waals surface area (Å²) in [5, 5.41) is 8.04. The van der Waals surface area contributed by atoms with Crippen molar-refractivity contribution in [1.82, 2.24) is 0 Å². The minimum absolute atomic E-state index is 0.0831. The summed E-state index contributed by atoms with van der Waals surface area (Å²) in [5.74, 6) is 0. The number of rotatable bonds is 3. The van der Waals surface area contributed by atoms with Crippen LogP contribution in [0.15, 0.2) is 0 Å². The Hall–Kier alpha value is 0.427. The first-order chi connectivity index (χ1) is 2.91. The van der Waals surface area contributed by atoms with Crippen LogP contribution in [0.5, 0.6) is 0 Å². The second-order valence-electron chi connectivity index (χ2n) is 0.741. The van der Waals surface area contributed by atoms with E-state index in [1.807, 2.05) is 0 Å². The zero-order chi connectivity index (χ0) is 4.83. The summed E-state index contributed by atoms with van der Waals surface area (Å²) in [6.07, 6.45) is 0. The number of aliphatic hydroxyl groups excluding tert-OH is 1. The Morgan fingerprint density at radius 2 is 2.50 bits per heavy atom. The zero-order valence-electron chi connectivity index (χ0n) is 3.35. The van der Waals surface area contributed by atoms with Crippen molar-refractivity contribution < 1.29 is 9.53 Å². The van der Waals surface area contributed by atoms with Gasteiger partial charge in [-0.1, -0.05) is 0 Å². The normalized spacial score (nSPS) is 11.0. The molecule has 0 aromatic rings. The molecule has 0 aliphatic rings. The maximum absolute atomic E-state index is 8.04. The van der Waals surface area contributed by atoms with Crippen molar-refractivity contribution in [1.29, 1.82) is 0 Å². The largest absolute Gasteiger partial charge is 0.406 e. The Kier molecular flexibility index (Phi) is 5.81. The molecule has 4 heteroatoms. The minimum atomic E-state index is -0.785. The Morgan fingerprint density at radius 1 is 1.83 bits per heavy atom. The summed E-state index contributed by atoms with van der Waals surface area (Å²) in [7, 11) is -0.785. The Labute approximate surface area is 43.7 Å². The summed E-state index contributed by atoms with van der Waals surface area (Å²) in [6, 6.07) is 0. The van der Waals surface area contributed by atoms with E-state index in [0.717, 1.165) is 0 Å². The SMILES string of the molecule is OCCO[SiH2]Cl. The first-order valence-electron chi connectivity index (χ1n) is 1.66. The average Bonchev–Trinajstić information content (AvgIpc) is 1.61. The summed E-state index contributed by atoms with van der Waals surface area (Å²) < 4.78 is 4.64. The lowest BCUT2D eigenvalue weighted by Gasteiger charge is -1.89. The lowest BCUT2D eigenvalue weighted by Crippen LogP contribution is -1.97. The van der Waals surface area contributed by atoms with Gasteiger partial charge in [0.1, 0.15) is 0 Å². The molecular weight excluding hydrogens is 120 g/mol. The van der Waals surface area contributed by atoms with Crippen molar-refractivity contribution in [3.63, 3.8) is 0 Å². The smallest absolute Gasteiger partial charge is 0.258 e. The van der Waals surface area contributed by atoms with Crippen LogP contribution in [0.2, 0.25) is 0 Å². The highest BCUT2D eigenvalue weighted by Gasteiger charge is 1.76. The fraction of sp³-hybridized carbons (Fsp3) is 1.00. The van der Waals surface area contributed by atoms with E-state index in [0.29, 0.717) is 6.61 Å². The van der Waals surface area contributed by atoms with E-state index in [4.69, 9.17) is 16.2 Å². The fourth-order valence-electron chi connectivity index (χ4n) is 0.119. The van der Waals surface area contributed by atoms with Crippen molar-refractivity contribution in [2.24, 2.45) is 0 Å². The highest BCUT2D eigenvalue weighted by molar-refractivity contribution is 6.89. The number of hydrogen-bond acceptors (Lipinski definition) is 2. The van der Waals surface area contributed by atoms with Gasteiger partial charge in [-0.2, -0.15) is 0 Å². The standard InChI is InChI=1S/C2H7ClO2Si/c3-6-5-2-1-4/h4H,1-2,6H2. The van der Waals surface area contributed by atoms with Crippen molar-refractivity contribution in [3.8, 4) is 0 Å². The number of aliphatic hydroxyl groups is 1. The van der Waals surface area contributed by atoms with Crippen LogP contribution in [0.3, 0.4) is 0 Å². The van der Waals surface area contributed by atoms with Gasteiger partial charge in [-0.3, -0.25) is 0 Å². The molecule has 0 heterocycles. The van der Waals surface area contributed by atoms with Crippen molar-refractivity contribution in [2.45, 2.75) is 0 Å². The summed E-state index contributed by atoms with van der Waals surface area (Å²) >= 11 is 5.19. The third-order valence-corrected chi connectivity index (χ3v) is 1.22. The molecule has 0 amide bonds. The molecule has 0 saturated carbocycles. The molecule has 0 bridgehead atoms. The van der Waals surface area contributed by atoms with E-state index in [-0.39, 0.29) is 6.61 Å². The fourth-order valence-corrected chi connectivity index (χ4v) is 0.685. The van der Waals surface area contributed by atoms with Crippen LogP contribution in [0.25, 0.3) is 0 Å². The molecule has 2 nitrogen and oxygen atoms in total. The molecule has 0 saturated heterocycles. The Bertz CT molecular complexity index is 23.5. The van der Waals surface area contributed by atoms with Gasteiger partial charge in [-0.25, -0.2) is 0 Å². The van der Waals surface area contributed by atoms with Gasteiger partial charge < -0.3 is 9.53 Å². The Balaban J connectivity index is 2.34. The lowest BCUT2D eigenvalue weighted by molar-refractivity contribution is 0.210. The van der Waals surface area contributed by atoms with Crippen LogP contribution in [-0.2, 0) is 4.43 Å². The zero-order valence-corrected chi connectivity index (χ0v) is 5.52. The van der Waals surface area contributed by atoms with Crippen molar-refractivity contribution >= 4 is 20.2 Å². The first kappa shape index (κ1) is 6.43. The molecule has 0 aromatic carbocycles. The highest BCUT2D eigenvalue weighted by Crippen LogP contribution is 1.70. The molecule has 0 spiro atoms. The predicted molar refractivity (Wildman–Crippen MR) is 27.4 cm³/mol. The quantitative estimate of drug-likeness (QED) is 0.306. The van der Waals surface area contributed by atoms with Crippen LogP contribution in [0, 0.1) is 0 Å². The van der Waals surface area contributed by atoms with Crippen LogP contribution in [0.1, 0.15) is 0 Å². The molecule has 0 atom stereocenters. The first-order valence-corrected chi connectivity index (χ1v) is 4.38. The van der Waals surface area contributed by atoms with Gasteiger partial charge in [-0.05, 0) is 0 Å². The van der Waals surface area contributed by atoms with E-state index in [1.165, 1.54) is 0 Å². The molecule has 0 aromatic heterocycles. The molecule has 0 unspecified atom stereocenters. The summed E-state index contributed by atoms with van der Waals surface area (Å²) in [4.78, 5) is 0. The highest BCUT2D eigenvalue weighted by atomic mass is 35.6. The van der Waals surface area contributed by atoms with Gasteiger partial charge in [0, 0.05) is 0 Å². The van der Waals surface area contributed by atoms with Crippen LogP contribution >= 0.6 is 11.1 Å². The number of halogens is 1. The van der Waals surface area contributed by atoms with Gasteiger partial charge in [0.05, 0.1) is 13.2 Å². The van der Waals surface area contributed by atoms with Gasteiger partial charge in [0.15, 0.2) is 0 Å². The monoisotopic (exact) mass is 126 g/mol. The summed E-state index contributed by atoms with van der Waals surface area (Å²) in [5.41, 5.74) is 0. The minimum Gasteiger partial charge on any atom is -0.406 e. The predicted octanol–water partition coefficient (Wildman–Crippen LogP) is -0.767. The van der Waals surface area contributed by atoms with Crippen LogP contribution < -0.4 is 0 Å². The molecule has 6 heavy (non-hydrogen) atoms. The van der Waals surface area contributed by atoms with E-state index >= 15 is 0 Å². The second-order valence-corrected chi connectivity index (χ2v) is 2.02. The maximum atomic E-state index is 8.04. The summed E-state index contributed by atoms with van der Waals surface area (Å²) in [6.45, 7) is 0.482. The second kappa shape index (κ2) is 5.43. The van der Waals surface area contributed by atoms with Crippen LogP contribution in [-0.4, -0.2) is 27.4 Å². The molecule has 38 valence electrons. The lowest BCUT2D eigenvalue weighted by atomic mass is 10.8. The van der Waals surface area contributed by atoms with E-state index < -0.39 is 9.07 Å². The molecular formula is C2H7ClO2Si. The van der Waals surface area contributed by atoms with Crippen molar-refractivity contribution in [3.05, 3.63) is 0 Å². The van der Waals surface area contributed by atoms with Gasteiger partial charge in [0.2, 0.25) is 0 Å². The third-order valence-electron chi connectivity index (χ3n) is 0.313. The maximum Gasteiger partial charge on any atom is 0.258 e. The molecule has 0 fully saturated rings. The van der Waals surface area contributed by atoms with Gasteiger partial charge >= 0.3 is 0 Å². The molecule has 0 radical (unpaired) electrons. The number of hydrogen-bond donors (Lipinski definition) is 1.